The third-order valence-corrected chi connectivity index (χ3v) is 3.15. The summed E-state index contributed by atoms with van der Waals surface area (Å²) in [5.74, 6) is -4.03. The summed E-state index contributed by atoms with van der Waals surface area (Å²) in [6.07, 6.45) is -1.25. The first kappa shape index (κ1) is 16.9. The van der Waals surface area contributed by atoms with Crippen molar-refractivity contribution < 1.29 is 23.1 Å². The average molecular weight is 340 g/mol. The molecule has 1 N–H and O–H groups in total. The number of rotatable bonds is 4. The highest BCUT2D eigenvalue weighted by Gasteiger charge is 2.24. The molecule has 1 amide bonds. The van der Waals surface area contributed by atoms with Crippen LogP contribution in [-0.4, -0.2) is 18.0 Å². The van der Waals surface area contributed by atoms with E-state index in [4.69, 9.17) is 16.3 Å². The van der Waals surface area contributed by atoms with Crippen molar-refractivity contribution in [1.29, 1.82) is 0 Å². The molecule has 1 unspecified atom stereocenters. The standard InChI is InChI=1S/C16H12ClF2NO3/c1-9(15(21)20-11-5-2-4-10(17)8-11)23-16(22)14-12(18)6-3-7-13(14)19/h2-9H,1H3,(H,20,21). The van der Waals surface area contributed by atoms with E-state index in [9.17, 15) is 18.4 Å². The normalized spacial score (nSPS) is 11.7. The van der Waals surface area contributed by atoms with Gasteiger partial charge in [0.25, 0.3) is 5.91 Å². The largest absolute Gasteiger partial charge is 0.449 e. The Bertz CT molecular complexity index is 732. The van der Waals surface area contributed by atoms with E-state index in [1.807, 2.05) is 0 Å². The molecule has 2 aromatic rings. The van der Waals surface area contributed by atoms with E-state index < -0.39 is 35.2 Å². The first-order valence-corrected chi connectivity index (χ1v) is 6.97. The summed E-state index contributed by atoms with van der Waals surface area (Å²) in [6.45, 7) is 1.29. The molecule has 0 bridgehead atoms. The van der Waals surface area contributed by atoms with Crippen LogP contribution in [0, 0.1) is 11.6 Å². The van der Waals surface area contributed by atoms with E-state index in [1.165, 1.54) is 13.0 Å². The fourth-order valence-electron chi connectivity index (χ4n) is 1.78. The van der Waals surface area contributed by atoms with Gasteiger partial charge in [-0.1, -0.05) is 23.7 Å². The molecule has 0 saturated heterocycles. The summed E-state index contributed by atoms with van der Waals surface area (Å²) in [4.78, 5) is 23.7. The molecule has 1 atom stereocenters. The lowest BCUT2D eigenvalue weighted by Gasteiger charge is -2.14. The van der Waals surface area contributed by atoms with Crippen molar-refractivity contribution in [1.82, 2.24) is 0 Å². The minimum absolute atomic E-state index is 0.405. The van der Waals surface area contributed by atoms with Crippen LogP contribution in [0.3, 0.4) is 0 Å². The Kier molecular flexibility index (Phi) is 5.28. The van der Waals surface area contributed by atoms with Crippen LogP contribution in [0.2, 0.25) is 5.02 Å². The van der Waals surface area contributed by atoms with Gasteiger partial charge in [-0.15, -0.1) is 0 Å². The molecule has 0 radical (unpaired) electrons. The van der Waals surface area contributed by atoms with Gasteiger partial charge in [0.05, 0.1) is 0 Å². The van der Waals surface area contributed by atoms with Crippen LogP contribution in [0.1, 0.15) is 17.3 Å². The van der Waals surface area contributed by atoms with E-state index in [1.54, 1.807) is 18.2 Å². The molecule has 0 spiro atoms. The van der Waals surface area contributed by atoms with Crippen molar-refractivity contribution in [2.75, 3.05) is 5.32 Å². The van der Waals surface area contributed by atoms with E-state index in [2.05, 4.69) is 5.32 Å². The van der Waals surface area contributed by atoms with Crippen molar-refractivity contribution in [2.24, 2.45) is 0 Å². The number of hydrogen-bond acceptors (Lipinski definition) is 3. The van der Waals surface area contributed by atoms with Crippen LogP contribution >= 0.6 is 11.6 Å². The molecule has 0 heterocycles. The Morgan fingerprint density at radius 1 is 1.13 bits per heavy atom. The maximum absolute atomic E-state index is 13.5. The molecule has 0 saturated carbocycles. The van der Waals surface area contributed by atoms with Gasteiger partial charge < -0.3 is 10.1 Å². The van der Waals surface area contributed by atoms with Crippen molar-refractivity contribution in [3.8, 4) is 0 Å². The highest BCUT2D eigenvalue weighted by Crippen LogP contribution is 2.17. The zero-order chi connectivity index (χ0) is 17.0. The monoisotopic (exact) mass is 339 g/mol. The van der Waals surface area contributed by atoms with Gasteiger partial charge in [0, 0.05) is 10.7 Å². The van der Waals surface area contributed by atoms with Gasteiger partial charge in [-0.25, -0.2) is 13.6 Å². The number of anilines is 1. The molecule has 23 heavy (non-hydrogen) atoms. The Labute approximate surface area is 136 Å². The summed E-state index contributed by atoms with van der Waals surface area (Å²) in [6, 6.07) is 9.33. The Hall–Kier alpha value is -2.47. The van der Waals surface area contributed by atoms with Gasteiger partial charge in [-0.2, -0.15) is 0 Å². The predicted octanol–water partition coefficient (Wildman–Crippen LogP) is 3.80. The van der Waals surface area contributed by atoms with Crippen molar-refractivity contribution in [2.45, 2.75) is 13.0 Å². The van der Waals surface area contributed by atoms with E-state index in [0.717, 1.165) is 18.2 Å². The van der Waals surface area contributed by atoms with E-state index >= 15 is 0 Å². The molecule has 7 heteroatoms. The molecular formula is C16H12ClF2NO3. The molecule has 2 rings (SSSR count). The first-order chi connectivity index (χ1) is 10.9. The van der Waals surface area contributed by atoms with Crippen molar-refractivity contribution in [3.63, 3.8) is 0 Å². The second kappa shape index (κ2) is 7.19. The SMILES string of the molecule is CC(OC(=O)c1c(F)cccc1F)C(=O)Nc1cccc(Cl)c1. The number of esters is 1. The molecule has 0 aliphatic carbocycles. The third kappa shape index (κ3) is 4.26. The second-order valence-corrected chi connectivity index (χ2v) is 5.08. The third-order valence-electron chi connectivity index (χ3n) is 2.91. The summed E-state index contributed by atoms with van der Waals surface area (Å²) < 4.78 is 31.8. The van der Waals surface area contributed by atoms with Gasteiger partial charge in [-0.3, -0.25) is 4.79 Å². The summed E-state index contributed by atoms with van der Waals surface area (Å²) in [5, 5.41) is 2.90. The van der Waals surface area contributed by atoms with Crippen LogP contribution in [0.15, 0.2) is 42.5 Å². The summed E-state index contributed by atoms with van der Waals surface area (Å²) in [5.41, 5.74) is -0.433. The van der Waals surface area contributed by atoms with Crippen LogP contribution < -0.4 is 5.32 Å². The molecular weight excluding hydrogens is 328 g/mol. The molecule has 120 valence electrons. The van der Waals surface area contributed by atoms with E-state index in [-0.39, 0.29) is 0 Å². The van der Waals surface area contributed by atoms with Gasteiger partial charge in [0.2, 0.25) is 0 Å². The lowest BCUT2D eigenvalue weighted by atomic mass is 10.2. The summed E-state index contributed by atoms with van der Waals surface area (Å²) >= 11 is 5.79. The summed E-state index contributed by atoms with van der Waals surface area (Å²) in [7, 11) is 0. The number of carbonyl (C=O) groups excluding carboxylic acids is 2. The van der Waals surface area contributed by atoms with Crippen LogP contribution in [0.25, 0.3) is 0 Å². The van der Waals surface area contributed by atoms with Gasteiger partial charge in [0.15, 0.2) is 6.10 Å². The number of benzene rings is 2. The molecule has 0 aliphatic heterocycles. The number of carbonyl (C=O) groups is 2. The molecule has 0 aromatic heterocycles. The van der Waals surface area contributed by atoms with Gasteiger partial charge in [-0.05, 0) is 37.3 Å². The zero-order valence-electron chi connectivity index (χ0n) is 12.0. The number of hydrogen-bond donors (Lipinski definition) is 1. The van der Waals surface area contributed by atoms with Crippen LogP contribution in [-0.2, 0) is 9.53 Å². The highest BCUT2D eigenvalue weighted by atomic mass is 35.5. The highest BCUT2D eigenvalue weighted by molar-refractivity contribution is 6.30. The number of ether oxygens (including phenoxy) is 1. The zero-order valence-corrected chi connectivity index (χ0v) is 12.7. The quantitative estimate of drug-likeness (QED) is 0.862. The maximum atomic E-state index is 13.5. The van der Waals surface area contributed by atoms with Gasteiger partial charge >= 0.3 is 5.97 Å². The Morgan fingerprint density at radius 2 is 1.74 bits per heavy atom. The minimum Gasteiger partial charge on any atom is -0.449 e. The van der Waals surface area contributed by atoms with Crippen molar-refractivity contribution in [3.05, 3.63) is 64.7 Å². The Morgan fingerprint density at radius 3 is 2.35 bits per heavy atom. The minimum atomic E-state index is -1.26. The fraction of sp³-hybridized carbons (Fsp3) is 0.125. The predicted molar refractivity (Wildman–Crippen MR) is 81.3 cm³/mol. The smallest absolute Gasteiger partial charge is 0.344 e. The van der Waals surface area contributed by atoms with Crippen LogP contribution in [0.4, 0.5) is 14.5 Å². The van der Waals surface area contributed by atoms with E-state index in [0.29, 0.717) is 10.7 Å². The lowest BCUT2D eigenvalue weighted by Crippen LogP contribution is -2.30. The molecule has 4 nitrogen and oxygen atoms in total. The Balaban J connectivity index is 2.05. The topological polar surface area (TPSA) is 55.4 Å². The molecule has 0 fully saturated rings. The average Bonchev–Trinajstić information content (AvgIpc) is 2.46. The number of halogens is 3. The van der Waals surface area contributed by atoms with Gasteiger partial charge in [0.1, 0.15) is 17.2 Å². The number of nitrogens with one attached hydrogen (secondary N) is 1. The second-order valence-electron chi connectivity index (χ2n) is 4.64. The first-order valence-electron chi connectivity index (χ1n) is 6.60. The van der Waals surface area contributed by atoms with Crippen LogP contribution in [0.5, 0.6) is 0 Å². The molecule has 0 aliphatic rings. The van der Waals surface area contributed by atoms with Crippen molar-refractivity contribution >= 4 is 29.2 Å². The lowest BCUT2D eigenvalue weighted by molar-refractivity contribution is -0.123. The fourth-order valence-corrected chi connectivity index (χ4v) is 1.97. The molecule has 2 aromatic carbocycles. The number of amides is 1. The maximum Gasteiger partial charge on any atom is 0.344 e.